The first-order chi connectivity index (χ1) is 11.5. The summed E-state index contributed by atoms with van der Waals surface area (Å²) in [6.45, 7) is 1.40. The molecule has 0 fully saturated rings. The van der Waals surface area contributed by atoms with Gasteiger partial charge in [0.1, 0.15) is 0 Å². The largest absolute Gasteiger partial charge is 0.361 e. The predicted octanol–water partition coefficient (Wildman–Crippen LogP) is 3.36. The van der Waals surface area contributed by atoms with Gasteiger partial charge in [0.2, 0.25) is 11.8 Å². The topological polar surface area (TPSA) is 86.9 Å². The monoisotopic (exact) mass is 342 g/mol. The van der Waals surface area contributed by atoms with Crippen molar-refractivity contribution in [1.29, 1.82) is 0 Å². The Hall–Kier alpha value is -2.86. The molecule has 0 aliphatic heterocycles. The molecular formula is C17H15ClN4O2. The third-order valence-corrected chi connectivity index (χ3v) is 3.69. The predicted molar refractivity (Wildman–Crippen MR) is 94.2 cm³/mol. The van der Waals surface area contributed by atoms with Crippen LogP contribution in [0.25, 0.3) is 10.9 Å². The fourth-order valence-corrected chi connectivity index (χ4v) is 2.61. The molecule has 24 heavy (non-hydrogen) atoms. The molecule has 0 saturated heterocycles. The number of H-pyrrole nitrogens is 1. The van der Waals surface area contributed by atoms with E-state index in [2.05, 4.69) is 20.6 Å². The van der Waals surface area contributed by atoms with Crippen LogP contribution in [0.1, 0.15) is 12.5 Å². The van der Waals surface area contributed by atoms with Gasteiger partial charge in [-0.15, -0.1) is 0 Å². The van der Waals surface area contributed by atoms with Crippen molar-refractivity contribution >= 4 is 45.8 Å². The minimum absolute atomic E-state index is 0.163. The van der Waals surface area contributed by atoms with Crippen LogP contribution >= 0.6 is 11.6 Å². The van der Waals surface area contributed by atoms with Gasteiger partial charge in [-0.1, -0.05) is 11.6 Å². The maximum absolute atomic E-state index is 12.3. The highest BCUT2D eigenvalue weighted by Crippen LogP contribution is 2.23. The first kappa shape index (κ1) is 16.0. The second kappa shape index (κ2) is 6.72. The van der Waals surface area contributed by atoms with E-state index in [1.54, 1.807) is 30.6 Å². The lowest BCUT2D eigenvalue weighted by Crippen LogP contribution is -2.17. The van der Waals surface area contributed by atoms with Gasteiger partial charge in [0, 0.05) is 35.2 Å². The molecule has 1 aromatic carbocycles. The number of rotatable bonds is 4. The molecule has 0 radical (unpaired) electrons. The van der Waals surface area contributed by atoms with Gasteiger partial charge in [-0.05, 0) is 35.9 Å². The quantitative estimate of drug-likeness (QED) is 0.679. The van der Waals surface area contributed by atoms with Gasteiger partial charge in [0.25, 0.3) is 0 Å². The molecular weight excluding hydrogens is 328 g/mol. The number of halogens is 1. The van der Waals surface area contributed by atoms with E-state index < -0.39 is 0 Å². The zero-order valence-corrected chi connectivity index (χ0v) is 13.6. The van der Waals surface area contributed by atoms with Crippen LogP contribution in [-0.2, 0) is 16.0 Å². The zero-order valence-electron chi connectivity index (χ0n) is 12.9. The van der Waals surface area contributed by atoms with Gasteiger partial charge in [-0.3, -0.25) is 9.59 Å². The lowest BCUT2D eigenvalue weighted by molar-refractivity contribution is -0.116. The summed E-state index contributed by atoms with van der Waals surface area (Å²) >= 11 is 6.02. The number of hydrogen-bond acceptors (Lipinski definition) is 3. The average molecular weight is 343 g/mol. The SMILES string of the molecule is CC(=O)Nc1cccnc1NC(=O)Cc1c[nH]c2ccc(Cl)cc12. The molecule has 2 heterocycles. The van der Waals surface area contributed by atoms with Crippen LogP contribution < -0.4 is 10.6 Å². The van der Waals surface area contributed by atoms with Crippen molar-refractivity contribution in [3.05, 3.63) is 53.3 Å². The van der Waals surface area contributed by atoms with Crippen LogP contribution in [0.5, 0.6) is 0 Å². The smallest absolute Gasteiger partial charge is 0.230 e. The lowest BCUT2D eigenvalue weighted by Gasteiger charge is -2.09. The molecule has 3 rings (SSSR count). The molecule has 3 N–H and O–H groups in total. The molecule has 6 nitrogen and oxygen atoms in total. The fourth-order valence-electron chi connectivity index (χ4n) is 2.44. The Labute approximate surface area is 143 Å². The number of nitrogens with one attached hydrogen (secondary N) is 3. The highest BCUT2D eigenvalue weighted by molar-refractivity contribution is 6.31. The second-order valence-electron chi connectivity index (χ2n) is 5.31. The van der Waals surface area contributed by atoms with Crippen LogP contribution in [0.4, 0.5) is 11.5 Å². The Morgan fingerprint density at radius 1 is 1.25 bits per heavy atom. The molecule has 0 atom stereocenters. The summed E-state index contributed by atoms with van der Waals surface area (Å²) in [5, 5.41) is 6.87. The molecule has 0 saturated carbocycles. The van der Waals surface area contributed by atoms with Crippen molar-refractivity contribution < 1.29 is 9.59 Å². The minimum Gasteiger partial charge on any atom is -0.361 e. The van der Waals surface area contributed by atoms with Crippen molar-refractivity contribution in [2.75, 3.05) is 10.6 Å². The number of fused-ring (bicyclic) bond motifs is 1. The highest BCUT2D eigenvalue weighted by Gasteiger charge is 2.12. The van der Waals surface area contributed by atoms with Crippen molar-refractivity contribution in [2.24, 2.45) is 0 Å². The number of carbonyl (C=O) groups excluding carboxylic acids is 2. The maximum Gasteiger partial charge on any atom is 0.230 e. The van der Waals surface area contributed by atoms with Gasteiger partial charge in [-0.25, -0.2) is 4.98 Å². The Balaban J connectivity index is 1.78. The summed E-state index contributed by atoms with van der Waals surface area (Å²) in [7, 11) is 0. The number of benzene rings is 1. The number of pyridine rings is 1. The van der Waals surface area contributed by atoms with E-state index in [1.807, 2.05) is 12.1 Å². The van der Waals surface area contributed by atoms with Gasteiger partial charge < -0.3 is 15.6 Å². The summed E-state index contributed by atoms with van der Waals surface area (Å²) in [4.78, 5) is 30.8. The molecule has 0 aliphatic rings. The summed E-state index contributed by atoms with van der Waals surface area (Å²) in [5.74, 6) is -0.151. The normalized spacial score (nSPS) is 10.6. The highest BCUT2D eigenvalue weighted by atomic mass is 35.5. The van der Waals surface area contributed by atoms with Crippen LogP contribution in [0.3, 0.4) is 0 Å². The molecule has 3 aromatic rings. The van der Waals surface area contributed by atoms with Crippen LogP contribution in [0.15, 0.2) is 42.7 Å². The van der Waals surface area contributed by atoms with Crippen molar-refractivity contribution in [3.63, 3.8) is 0 Å². The van der Waals surface area contributed by atoms with E-state index in [9.17, 15) is 9.59 Å². The minimum atomic E-state index is -0.235. The number of hydrogen-bond donors (Lipinski definition) is 3. The van der Waals surface area contributed by atoms with E-state index in [1.165, 1.54) is 6.92 Å². The Morgan fingerprint density at radius 2 is 2.08 bits per heavy atom. The second-order valence-corrected chi connectivity index (χ2v) is 5.75. The molecule has 2 amide bonds. The van der Waals surface area contributed by atoms with Gasteiger partial charge in [-0.2, -0.15) is 0 Å². The van der Waals surface area contributed by atoms with Crippen LogP contribution in [-0.4, -0.2) is 21.8 Å². The number of aromatic amines is 1. The Morgan fingerprint density at radius 3 is 2.88 bits per heavy atom. The van der Waals surface area contributed by atoms with E-state index >= 15 is 0 Å². The molecule has 7 heteroatoms. The van der Waals surface area contributed by atoms with Gasteiger partial charge in [0.15, 0.2) is 5.82 Å². The van der Waals surface area contributed by atoms with Gasteiger partial charge in [0.05, 0.1) is 12.1 Å². The summed E-state index contributed by atoms with van der Waals surface area (Å²) in [6, 6.07) is 8.84. The Kier molecular flexibility index (Phi) is 4.48. The summed E-state index contributed by atoms with van der Waals surface area (Å²) in [6.07, 6.45) is 3.50. The molecule has 0 aliphatic carbocycles. The maximum atomic E-state index is 12.3. The molecule has 0 spiro atoms. The first-order valence-corrected chi connectivity index (χ1v) is 7.68. The van der Waals surface area contributed by atoms with Crippen molar-refractivity contribution in [2.45, 2.75) is 13.3 Å². The van der Waals surface area contributed by atoms with E-state index in [0.717, 1.165) is 16.5 Å². The number of anilines is 2. The zero-order chi connectivity index (χ0) is 17.1. The molecule has 2 aromatic heterocycles. The van der Waals surface area contributed by atoms with Crippen LogP contribution in [0, 0.1) is 0 Å². The average Bonchev–Trinajstić information content (AvgIpc) is 2.91. The number of aromatic nitrogens is 2. The van der Waals surface area contributed by atoms with Crippen molar-refractivity contribution in [3.8, 4) is 0 Å². The number of amides is 2. The van der Waals surface area contributed by atoms with Gasteiger partial charge >= 0.3 is 0 Å². The van der Waals surface area contributed by atoms with E-state index in [-0.39, 0.29) is 18.2 Å². The van der Waals surface area contributed by atoms with E-state index in [0.29, 0.717) is 16.5 Å². The Bertz CT molecular complexity index is 920. The number of carbonyl (C=O) groups is 2. The summed E-state index contributed by atoms with van der Waals surface area (Å²) < 4.78 is 0. The third kappa shape index (κ3) is 3.55. The number of nitrogens with zero attached hydrogens (tertiary/aromatic N) is 1. The lowest BCUT2D eigenvalue weighted by atomic mass is 10.1. The molecule has 0 bridgehead atoms. The van der Waals surface area contributed by atoms with E-state index in [4.69, 9.17) is 11.6 Å². The third-order valence-electron chi connectivity index (χ3n) is 3.46. The standard InChI is InChI=1S/C17H15ClN4O2/c1-10(23)21-15-3-2-6-19-17(15)22-16(24)7-11-9-20-14-5-4-12(18)8-13(11)14/h2-6,8-9,20H,7H2,1H3,(H,21,23)(H,19,22,24). The molecule has 0 unspecified atom stereocenters. The van der Waals surface area contributed by atoms with Crippen LogP contribution in [0.2, 0.25) is 5.02 Å². The fraction of sp³-hybridized carbons (Fsp3) is 0.118. The summed E-state index contributed by atoms with van der Waals surface area (Å²) in [5.41, 5.74) is 2.21. The molecule has 122 valence electrons. The van der Waals surface area contributed by atoms with Crippen molar-refractivity contribution in [1.82, 2.24) is 9.97 Å². The first-order valence-electron chi connectivity index (χ1n) is 7.31.